The van der Waals surface area contributed by atoms with Gasteiger partial charge in [0.15, 0.2) is 0 Å². The third kappa shape index (κ3) is 7.91. The van der Waals surface area contributed by atoms with Gasteiger partial charge in [0.25, 0.3) is 0 Å². The zero-order chi connectivity index (χ0) is 12.1. The van der Waals surface area contributed by atoms with Crippen LogP contribution in [0.3, 0.4) is 0 Å². The Bertz CT molecular complexity index is 181. The van der Waals surface area contributed by atoms with Crippen molar-refractivity contribution in [1.82, 2.24) is 14.2 Å². The molecule has 1 heterocycles. The van der Waals surface area contributed by atoms with Gasteiger partial charge in [-0.25, -0.2) is 0 Å². The van der Waals surface area contributed by atoms with E-state index in [0.29, 0.717) is 0 Å². The molecule has 96 valence electrons. The quantitative estimate of drug-likeness (QED) is 0.358. The average Bonchev–Trinajstić information content (AvgIpc) is 2.14. The fourth-order valence-corrected chi connectivity index (χ4v) is 12.7. The Kier molecular flexibility index (Phi) is 8.34. The summed E-state index contributed by atoms with van der Waals surface area (Å²) in [6, 6.07) is 0. The molecule has 16 heavy (non-hydrogen) atoms. The number of nitrogens with one attached hydrogen (secondary N) is 4. The molecule has 0 unspecified atom stereocenters. The van der Waals surface area contributed by atoms with E-state index < -0.39 is 33.3 Å². The van der Waals surface area contributed by atoms with E-state index in [2.05, 4.69) is 14.2 Å². The van der Waals surface area contributed by atoms with Crippen molar-refractivity contribution in [2.75, 3.05) is 26.2 Å². The molecule has 0 bridgehead atoms. The molecule has 0 spiro atoms. The first-order valence-corrected chi connectivity index (χ1v) is 25.3. The van der Waals surface area contributed by atoms with Crippen LogP contribution in [0.4, 0.5) is 0 Å². The molecule has 1 rings (SSSR count). The second kappa shape index (κ2) is 8.01. The average molecular weight is 523 g/mol. The van der Waals surface area contributed by atoms with Gasteiger partial charge < -0.3 is 0 Å². The zero-order valence-corrected chi connectivity index (χ0v) is 17.5. The number of hydrogen-bond donors (Lipinski definition) is 4. The second-order valence-electron chi connectivity index (χ2n) is 3.56. The van der Waals surface area contributed by atoms with E-state index in [1.165, 1.54) is 0 Å². The Labute approximate surface area is 120 Å². The van der Waals surface area contributed by atoms with Crippen molar-refractivity contribution in [3.63, 3.8) is 0 Å². The van der Waals surface area contributed by atoms with Crippen molar-refractivity contribution >= 4 is 69.0 Å². The fourth-order valence-electron chi connectivity index (χ4n) is 1.28. The van der Waals surface area contributed by atoms with Crippen LogP contribution in [0.25, 0.3) is 0 Å². The van der Waals surface area contributed by atoms with Crippen LogP contribution < -0.4 is 14.2 Å². The Balaban J connectivity index is 2.39. The van der Waals surface area contributed by atoms with E-state index in [4.69, 9.17) is 35.7 Å². The molecule has 0 aromatic carbocycles. The molecule has 0 aliphatic carbocycles. The summed E-state index contributed by atoms with van der Waals surface area (Å²) in [7, 11) is 24.8. The summed E-state index contributed by atoms with van der Waals surface area (Å²) < 4.78 is 12.8. The maximum atomic E-state index is 6.20. The van der Waals surface area contributed by atoms with Crippen LogP contribution >= 0.6 is 35.7 Å². The zero-order valence-electron chi connectivity index (χ0n) is 8.75. The second-order valence-corrected chi connectivity index (χ2v) is 32.0. The molecule has 0 atom stereocenters. The van der Waals surface area contributed by atoms with Gasteiger partial charge in [-0.2, -0.15) is 0 Å². The Morgan fingerprint density at radius 1 is 0.562 bits per heavy atom. The molecule has 0 saturated carbocycles. The summed E-state index contributed by atoms with van der Waals surface area (Å²) in [4.78, 5) is 0. The Hall–Kier alpha value is 2.60. The van der Waals surface area contributed by atoms with E-state index in [0.717, 1.165) is 39.0 Å². The van der Waals surface area contributed by atoms with Crippen LogP contribution in [0, 0.1) is 0 Å². The molecule has 1 aliphatic heterocycles. The number of hydrogen-bond acceptors (Lipinski definition) is 4. The summed E-state index contributed by atoms with van der Waals surface area (Å²) in [6.07, 6.45) is 1.83. The molecule has 4 nitrogen and oxygen atoms in total. The van der Waals surface area contributed by atoms with Gasteiger partial charge in [-0.05, 0) is 0 Å². The van der Waals surface area contributed by atoms with E-state index in [9.17, 15) is 0 Å². The third-order valence-electron chi connectivity index (χ3n) is 2.10. The van der Waals surface area contributed by atoms with Crippen LogP contribution in [-0.4, -0.2) is 59.5 Å². The summed E-state index contributed by atoms with van der Waals surface area (Å²) >= 11 is -6.37. The van der Waals surface area contributed by atoms with Gasteiger partial charge >= 0.3 is 122 Å². The van der Waals surface area contributed by atoms with Crippen molar-refractivity contribution in [1.29, 1.82) is 0 Å². The predicted octanol–water partition coefficient (Wildman–Crippen LogP) is 0.965. The first-order valence-electron chi connectivity index (χ1n) is 5.17. The predicted molar refractivity (Wildman–Crippen MR) is 76.2 cm³/mol. The Morgan fingerprint density at radius 2 is 0.812 bits per heavy atom. The minimum atomic E-state index is -3.18. The molecule has 0 radical (unpaired) electrons. The number of rotatable bonds is 0. The Morgan fingerprint density at radius 3 is 1.06 bits per heavy atom. The van der Waals surface area contributed by atoms with Crippen molar-refractivity contribution < 1.29 is 0 Å². The molecule has 0 amide bonds. The van der Waals surface area contributed by atoms with Crippen molar-refractivity contribution in [3.05, 3.63) is 0 Å². The topological polar surface area (TPSA) is 48.1 Å². The summed E-state index contributed by atoms with van der Waals surface area (Å²) in [5.74, 6) is 0. The summed E-state index contributed by atoms with van der Waals surface area (Å²) in [5, 5.41) is 0. The molecule has 0 aromatic rings. The number of halogens is 4. The third-order valence-corrected chi connectivity index (χ3v) is 17.2. The molecule has 0 aromatic heterocycles. The normalized spacial score (nSPS) is 27.8. The summed E-state index contributed by atoms with van der Waals surface area (Å²) in [6.45, 7) is 3.16. The van der Waals surface area contributed by atoms with Gasteiger partial charge in [-0.15, -0.1) is 0 Å². The van der Waals surface area contributed by atoms with E-state index >= 15 is 0 Å². The molecule has 10 heteroatoms. The first-order chi connectivity index (χ1) is 7.41. The standard InChI is InChI=1S/2C3H8N2.4ClH.2Sn/c2*4-2-1-3-5;;;;;;/h2*4-5H,1-3H2;4*1H;;/q2*-2;;;;;2*+4/p-4. The molecular weight excluding hydrogens is 507 g/mol. The molecule has 1 aliphatic rings. The molecular formula is C6H16Cl4N4Sn2. The van der Waals surface area contributed by atoms with Gasteiger partial charge in [0, 0.05) is 0 Å². The van der Waals surface area contributed by atoms with Crippen molar-refractivity contribution in [3.8, 4) is 0 Å². The van der Waals surface area contributed by atoms with Crippen LogP contribution in [0.2, 0.25) is 0 Å². The minimum absolute atomic E-state index is 0.790. The van der Waals surface area contributed by atoms with E-state index in [1.807, 2.05) is 0 Å². The van der Waals surface area contributed by atoms with Crippen LogP contribution in [-0.2, 0) is 0 Å². The van der Waals surface area contributed by atoms with Crippen LogP contribution in [0.5, 0.6) is 0 Å². The fraction of sp³-hybridized carbons (Fsp3) is 1.00. The van der Waals surface area contributed by atoms with Crippen LogP contribution in [0.1, 0.15) is 12.8 Å². The van der Waals surface area contributed by atoms with Gasteiger partial charge in [0.05, 0.1) is 0 Å². The maximum absolute atomic E-state index is 6.20. The van der Waals surface area contributed by atoms with Gasteiger partial charge in [-0.1, -0.05) is 0 Å². The van der Waals surface area contributed by atoms with Gasteiger partial charge in [0.2, 0.25) is 0 Å². The SMILES string of the molecule is [Cl][Sn]1([Cl])[NH]CCC[NH][Sn]([Cl])([Cl])[NH]CCC[NH]1. The molecule has 1 fully saturated rings. The van der Waals surface area contributed by atoms with E-state index in [1.54, 1.807) is 0 Å². The van der Waals surface area contributed by atoms with Gasteiger partial charge in [-0.3, -0.25) is 0 Å². The van der Waals surface area contributed by atoms with Crippen molar-refractivity contribution in [2.45, 2.75) is 12.8 Å². The molecule has 1 saturated heterocycles. The van der Waals surface area contributed by atoms with Crippen LogP contribution in [0.15, 0.2) is 0 Å². The summed E-state index contributed by atoms with van der Waals surface area (Å²) in [5.41, 5.74) is 0. The first kappa shape index (κ1) is 16.7. The molecule has 4 N–H and O–H groups in total. The monoisotopic (exact) mass is 524 g/mol. The van der Waals surface area contributed by atoms with E-state index in [-0.39, 0.29) is 0 Å². The van der Waals surface area contributed by atoms with Gasteiger partial charge in [0.1, 0.15) is 0 Å². The van der Waals surface area contributed by atoms with Crippen molar-refractivity contribution in [2.24, 2.45) is 0 Å².